The van der Waals surface area contributed by atoms with E-state index >= 15 is 0 Å². The van der Waals surface area contributed by atoms with Crippen molar-refractivity contribution in [1.29, 1.82) is 0 Å². The molecule has 5 fully saturated rings. The molecule has 0 radical (unpaired) electrons. The molecule has 3 aromatic rings. The van der Waals surface area contributed by atoms with Gasteiger partial charge < -0.3 is 24.6 Å². The summed E-state index contributed by atoms with van der Waals surface area (Å²) in [5, 5.41) is 14.6. The molecule has 7 aliphatic rings. The molecule has 2 aromatic carbocycles. The summed E-state index contributed by atoms with van der Waals surface area (Å²) in [5.41, 5.74) is 2.23. The molecule has 1 unspecified atom stereocenters. The zero-order valence-electron chi connectivity index (χ0n) is 34.5. The third-order valence-corrected chi connectivity index (χ3v) is 15.0. The Bertz CT molecular complexity index is 2370. The van der Waals surface area contributed by atoms with Crippen LogP contribution in [0.3, 0.4) is 0 Å². The topological polar surface area (TPSA) is 168 Å². The number of imide groups is 2. The molecule has 3 saturated heterocycles. The molecule has 2 N–H and O–H groups in total. The summed E-state index contributed by atoms with van der Waals surface area (Å²) in [6, 6.07) is 11.9. The highest BCUT2D eigenvalue weighted by atomic mass is 35.5. The monoisotopic (exact) mass is 860 g/mol. The summed E-state index contributed by atoms with van der Waals surface area (Å²) >= 11 is 6.17. The molecule has 322 valence electrons. The van der Waals surface area contributed by atoms with Gasteiger partial charge in [0.1, 0.15) is 23.1 Å². The van der Waals surface area contributed by atoms with E-state index in [4.69, 9.17) is 27.6 Å². The Morgan fingerprint density at radius 3 is 2.29 bits per heavy atom. The predicted molar refractivity (Wildman–Crippen MR) is 226 cm³/mol. The number of carbonyl (C=O) groups excluding carboxylic acids is 5. The minimum absolute atomic E-state index is 0.0274. The third-order valence-electron chi connectivity index (χ3n) is 14.7. The lowest BCUT2D eigenvalue weighted by Gasteiger charge is -2.57. The quantitative estimate of drug-likeness (QED) is 0.217. The van der Waals surface area contributed by atoms with Crippen LogP contribution in [0.5, 0.6) is 11.5 Å². The highest BCUT2D eigenvalue weighted by molar-refractivity contribution is 6.33. The maximum atomic E-state index is 13.5. The van der Waals surface area contributed by atoms with Gasteiger partial charge in [0.15, 0.2) is 11.5 Å². The fraction of sp³-hybridized carbons (Fsp3) is 0.522. The molecule has 0 bridgehead atoms. The number of ether oxygens (including phenoxy) is 2. The van der Waals surface area contributed by atoms with Crippen LogP contribution in [0.1, 0.15) is 120 Å². The highest BCUT2D eigenvalue weighted by Gasteiger charge is 2.51. The van der Waals surface area contributed by atoms with Gasteiger partial charge in [0.25, 0.3) is 17.7 Å². The summed E-state index contributed by atoms with van der Waals surface area (Å²) < 4.78 is 12.8. The number of halogens is 1. The van der Waals surface area contributed by atoms with Crippen molar-refractivity contribution in [2.45, 2.75) is 120 Å². The average Bonchev–Trinajstić information content (AvgIpc) is 3.50. The summed E-state index contributed by atoms with van der Waals surface area (Å²) in [4.78, 5) is 73.4. The van der Waals surface area contributed by atoms with E-state index in [9.17, 15) is 24.0 Å². The minimum atomic E-state index is -0.990. The van der Waals surface area contributed by atoms with Crippen LogP contribution in [0.4, 0.5) is 11.5 Å². The van der Waals surface area contributed by atoms with Crippen LogP contribution >= 0.6 is 11.6 Å². The second-order valence-electron chi connectivity index (χ2n) is 18.4. The fourth-order valence-corrected chi connectivity index (χ4v) is 11.2. The van der Waals surface area contributed by atoms with E-state index in [0.29, 0.717) is 44.9 Å². The Morgan fingerprint density at radius 1 is 0.871 bits per heavy atom. The molecule has 2 spiro atoms. The van der Waals surface area contributed by atoms with Crippen molar-refractivity contribution in [2.24, 2.45) is 5.41 Å². The molecule has 6 heterocycles. The lowest BCUT2D eigenvalue weighted by Crippen LogP contribution is -2.59. The minimum Gasteiger partial charge on any atom is -0.490 e. The number of anilines is 1. The number of hydrogen-bond donors (Lipinski definition) is 2. The van der Waals surface area contributed by atoms with Gasteiger partial charge >= 0.3 is 0 Å². The number of hydrogen-bond acceptors (Lipinski definition) is 11. The lowest BCUT2D eigenvalue weighted by atomic mass is 9.59. The second-order valence-corrected chi connectivity index (χ2v) is 18.8. The first-order valence-electron chi connectivity index (χ1n) is 22.0. The zero-order valence-corrected chi connectivity index (χ0v) is 35.3. The largest absolute Gasteiger partial charge is 0.490 e. The van der Waals surface area contributed by atoms with Crippen LogP contribution in [0.2, 0.25) is 5.02 Å². The van der Waals surface area contributed by atoms with E-state index in [1.807, 2.05) is 6.07 Å². The number of aryl methyl sites for hydroxylation is 1. The molecule has 2 saturated carbocycles. The second kappa shape index (κ2) is 16.0. The molecule has 1 aromatic heterocycles. The van der Waals surface area contributed by atoms with Crippen molar-refractivity contribution in [3.05, 3.63) is 81.3 Å². The van der Waals surface area contributed by atoms with Crippen molar-refractivity contribution in [1.82, 2.24) is 30.6 Å². The standard InChI is InChI=1S/C46H49ClN8O7/c1-48-35-7-6-31(23-34(35)47)61-30-4-2-28(3-5-30)49-41(57)36-8-10-39(52-51-36)54-18-14-45(15-19-54)25-29(26-45)53-20-16-46(17-21-53)13-12-27-22-32-33(24-38(27)62-46)44(60)55(43(32)59)37-9-11-40(56)50-42(37)58/h6-8,10,22-24,28-30,37H,2-5,9,11-21,25-26H2,(H,49,57)(H,50,56,58). The van der Waals surface area contributed by atoms with Crippen molar-refractivity contribution in [3.8, 4) is 11.5 Å². The summed E-state index contributed by atoms with van der Waals surface area (Å²) in [5.74, 6) is -0.113. The number of piperidine rings is 3. The van der Waals surface area contributed by atoms with Crippen molar-refractivity contribution >= 4 is 52.6 Å². The number of amides is 5. The molecule has 62 heavy (non-hydrogen) atoms. The number of nitrogens with one attached hydrogen (secondary N) is 2. The molecule has 16 heteroatoms. The fourth-order valence-electron chi connectivity index (χ4n) is 11.0. The number of rotatable bonds is 7. The summed E-state index contributed by atoms with van der Waals surface area (Å²) in [7, 11) is 0. The Hall–Kier alpha value is -5.59. The van der Waals surface area contributed by atoms with Gasteiger partial charge in [-0.25, -0.2) is 4.85 Å². The van der Waals surface area contributed by atoms with Crippen LogP contribution in [0.15, 0.2) is 42.5 Å². The van der Waals surface area contributed by atoms with Gasteiger partial charge in [-0.15, -0.1) is 10.2 Å². The first-order chi connectivity index (χ1) is 30.0. The van der Waals surface area contributed by atoms with Crippen LogP contribution in [-0.2, 0) is 16.0 Å². The highest BCUT2D eigenvalue weighted by Crippen LogP contribution is 2.52. The normalized spacial score (nSPS) is 25.6. The maximum Gasteiger partial charge on any atom is 0.272 e. The van der Waals surface area contributed by atoms with Gasteiger partial charge in [0.05, 0.1) is 28.8 Å². The Kier molecular flexibility index (Phi) is 10.4. The Morgan fingerprint density at radius 2 is 1.61 bits per heavy atom. The van der Waals surface area contributed by atoms with Gasteiger partial charge in [-0.05, 0) is 131 Å². The number of aromatic nitrogens is 2. The number of nitrogens with zero attached hydrogens (tertiary/aromatic N) is 6. The Balaban J connectivity index is 0.662. The Labute approximate surface area is 364 Å². The van der Waals surface area contributed by atoms with E-state index in [-0.39, 0.29) is 42.1 Å². The first-order valence-corrected chi connectivity index (χ1v) is 22.4. The van der Waals surface area contributed by atoms with Gasteiger partial charge in [0.2, 0.25) is 17.5 Å². The number of benzene rings is 2. The van der Waals surface area contributed by atoms with E-state index in [1.54, 1.807) is 36.4 Å². The van der Waals surface area contributed by atoms with Gasteiger partial charge in [-0.1, -0.05) is 17.7 Å². The SMILES string of the molecule is [C-]#[N+]c1ccc(OC2CCC(NC(=O)c3ccc(N4CCC5(CC4)CC(N4CCC6(CCc7cc8c(cc7O6)C(=O)N(C6CCC(=O)NC6=O)C8=O)CC4)C5)nn3)CC2)cc1Cl. The van der Waals surface area contributed by atoms with Crippen LogP contribution in [0.25, 0.3) is 4.85 Å². The first kappa shape index (κ1) is 40.5. The predicted octanol–water partition coefficient (Wildman–Crippen LogP) is 5.81. The molecular formula is C46H49ClN8O7. The average molecular weight is 861 g/mol. The van der Waals surface area contributed by atoms with Crippen LogP contribution < -0.4 is 25.0 Å². The maximum absolute atomic E-state index is 13.5. The van der Waals surface area contributed by atoms with Crippen molar-refractivity contribution in [3.63, 3.8) is 0 Å². The van der Waals surface area contributed by atoms with Crippen LogP contribution in [-0.4, -0.2) is 106 Å². The van der Waals surface area contributed by atoms with Gasteiger partial charge in [-0.3, -0.25) is 34.2 Å². The molecule has 1 atom stereocenters. The number of carbonyl (C=O) groups is 5. The summed E-state index contributed by atoms with van der Waals surface area (Å²) in [6.45, 7) is 10.9. The van der Waals surface area contributed by atoms with Crippen LogP contribution in [0, 0.1) is 12.0 Å². The molecular weight excluding hydrogens is 812 g/mol. The van der Waals surface area contributed by atoms with Gasteiger partial charge in [0, 0.05) is 44.7 Å². The van der Waals surface area contributed by atoms with E-state index in [1.165, 1.54) is 12.8 Å². The number of fused-ring (bicyclic) bond motifs is 2. The van der Waals surface area contributed by atoms with Crippen molar-refractivity contribution < 1.29 is 33.4 Å². The van der Waals surface area contributed by atoms with Gasteiger partial charge in [-0.2, -0.15) is 0 Å². The van der Waals surface area contributed by atoms with Crippen molar-refractivity contribution in [2.75, 3.05) is 31.1 Å². The van der Waals surface area contributed by atoms with E-state index < -0.39 is 29.7 Å². The molecule has 5 aliphatic heterocycles. The lowest BCUT2D eigenvalue weighted by molar-refractivity contribution is -0.136. The van der Waals surface area contributed by atoms with E-state index in [0.717, 1.165) is 107 Å². The molecule has 15 nitrogen and oxygen atoms in total. The number of likely N-dealkylation sites (tertiary alicyclic amines) is 1. The molecule has 2 aliphatic carbocycles. The third kappa shape index (κ3) is 7.55. The molecule has 10 rings (SSSR count). The molecule has 5 amide bonds. The smallest absolute Gasteiger partial charge is 0.272 e. The zero-order chi connectivity index (χ0) is 42.8. The van der Waals surface area contributed by atoms with E-state index in [2.05, 4.69) is 35.5 Å². The summed E-state index contributed by atoms with van der Waals surface area (Å²) in [6.07, 6.45) is 11.4.